The number of esters is 1. The van der Waals surface area contributed by atoms with Crippen LogP contribution >= 0.6 is 0 Å². The van der Waals surface area contributed by atoms with Crippen molar-refractivity contribution in [2.24, 2.45) is 0 Å². The van der Waals surface area contributed by atoms with Crippen molar-refractivity contribution in [3.05, 3.63) is 83.4 Å². The van der Waals surface area contributed by atoms with Gasteiger partial charge in [0.1, 0.15) is 0 Å². The summed E-state index contributed by atoms with van der Waals surface area (Å²) in [6, 6.07) is 13.6. The van der Waals surface area contributed by atoms with E-state index in [1.165, 1.54) is 70.7 Å². The van der Waals surface area contributed by atoms with Crippen molar-refractivity contribution in [2.45, 2.75) is 19.3 Å². The predicted octanol–water partition coefficient (Wildman–Crippen LogP) is 4.70. The van der Waals surface area contributed by atoms with Gasteiger partial charge in [0, 0.05) is 24.6 Å². The molecule has 226 valence electrons. The third-order valence-electron chi connectivity index (χ3n) is 5.77. The molecule has 0 radical (unpaired) electrons. The number of carbonyl (C=O) groups is 3. The molecule has 0 aromatic heterocycles. The molecule has 0 amide bonds. The second-order valence-corrected chi connectivity index (χ2v) is 8.73. The van der Waals surface area contributed by atoms with Crippen molar-refractivity contribution in [3.8, 4) is 34.5 Å². The van der Waals surface area contributed by atoms with Gasteiger partial charge in [0.2, 0.25) is 6.10 Å². The van der Waals surface area contributed by atoms with Crippen LogP contribution in [0.4, 0.5) is 0 Å². The van der Waals surface area contributed by atoms with Crippen molar-refractivity contribution in [1.82, 2.24) is 0 Å². The van der Waals surface area contributed by atoms with E-state index in [2.05, 4.69) is 0 Å². The molecule has 43 heavy (non-hydrogen) atoms. The minimum atomic E-state index is -1.40. The molecule has 0 spiro atoms. The predicted molar refractivity (Wildman–Crippen MR) is 154 cm³/mol. The number of rotatable bonds is 14. The number of phenols is 1. The number of aliphatic carboxylic acids is 2. The van der Waals surface area contributed by atoms with Gasteiger partial charge < -0.3 is 43.7 Å². The quantitative estimate of drug-likeness (QED) is 0.134. The highest BCUT2D eigenvalue weighted by Crippen LogP contribution is 2.38. The lowest BCUT2D eigenvalue weighted by molar-refractivity contribution is -0.164. The molecule has 0 fully saturated rings. The van der Waals surface area contributed by atoms with Crippen LogP contribution in [-0.2, 0) is 19.1 Å². The van der Waals surface area contributed by atoms with Crippen molar-refractivity contribution < 1.29 is 58.1 Å². The van der Waals surface area contributed by atoms with Gasteiger partial charge in [0.15, 0.2) is 34.5 Å². The molecule has 3 rings (SSSR count). The maximum Gasteiger partial charge on any atom is 0.328 e. The van der Waals surface area contributed by atoms with E-state index in [0.717, 1.165) is 12.2 Å². The smallest absolute Gasteiger partial charge is 0.328 e. The number of methoxy groups -OCH3 is 3. The number of aromatic hydroxyl groups is 1. The molecular formula is C31H30O12. The van der Waals surface area contributed by atoms with E-state index in [9.17, 15) is 19.5 Å². The Morgan fingerprint density at radius 1 is 0.674 bits per heavy atom. The molecule has 0 bridgehead atoms. The van der Waals surface area contributed by atoms with E-state index >= 15 is 0 Å². The van der Waals surface area contributed by atoms with Crippen molar-refractivity contribution >= 4 is 30.1 Å². The second kappa shape index (κ2) is 14.8. The fourth-order valence-corrected chi connectivity index (χ4v) is 3.83. The Bertz CT molecular complexity index is 1450. The SMILES string of the molecule is COc1cc([C@H](OC(C)=O)C(Oc2ccc(/C=C/C(=O)O)cc2OC)Oc2ccc(/C=C/C(=O)O)cc2OC)ccc1O. The summed E-state index contributed by atoms with van der Waals surface area (Å²) in [7, 11) is 4.15. The van der Waals surface area contributed by atoms with Crippen molar-refractivity contribution in [3.63, 3.8) is 0 Å². The zero-order chi connectivity index (χ0) is 31.5. The lowest BCUT2D eigenvalue weighted by Crippen LogP contribution is -2.34. The Kier molecular flexibility index (Phi) is 11.0. The highest BCUT2D eigenvalue weighted by atomic mass is 16.7. The molecule has 0 heterocycles. The van der Waals surface area contributed by atoms with Crippen molar-refractivity contribution in [1.29, 1.82) is 0 Å². The Morgan fingerprint density at radius 2 is 1.16 bits per heavy atom. The Labute approximate surface area is 246 Å². The lowest BCUT2D eigenvalue weighted by Gasteiger charge is -2.29. The van der Waals surface area contributed by atoms with Crippen LogP contribution in [0.5, 0.6) is 34.5 Å². The minimum Gasteiger partial charge on any atom is -0.504 e. The molecule has 3 aromatic rings. The molecule has 0 saturated heterocycles. The summed E-state index contributed by atoms with van der Waals surface area (Å²) in [5.41, 5.74) is 1.36. The summed E-state index contributed by atoms with van der Waals surface area (Å²) in [6.45, 7) is 1.20. The highest BCUT2D eigenvalue weighted by Gasteiger charge is 2.33. The maximum absolute atomic E-state index is 12.3. The normalized spacial score (nSPS) is 11.7. The van der Waals surface area contributed by atoms with Crippen LogP contribution in [0, 0.1) is 0 Å². The number of carboxylic acids is 2. The molecule has 0 aliphatic heterocycles. The van der Waals surface area contributed by atoms with E-state index in [0.29, 0.717) is 16.7 Å². The molecule has 1 atom stereocenters. The fourth-order valence-electron chi connectivity index (χ4n) is 3.83. The summed E-state index contributed by atoms with van der Waals surface area (Å²) in [5.74, 6) is -2.22. The van der Waals surface area contributed by atoms with Crippen LogP contribution < -0.4 is 23.7 Å². The standard InChI is InChI=1S/C31H30O12/c1-18(32)41-30(21-9-10-22(33)25(17-21)38-2)31(42-23-11-5-19(7-13-28(34)35)15-26(23)39-3)43-24-12-6-20(8-14-29(36)37)16-27(24)40-4/h5-17,30-31,33H,1-4H3,(H,34,35)(H,36,37)/b13-7+,14-8+/t30-/m0/s1. The van der Waals surface area contributed by atoms with Gasteiger partial charge in [0.25, 0.3) is 6.29 Å². The van der Waals surface area contributed by atoms with E-state index < -0.39 is 30.3 Å². The van der Waals surface area contributed by atoms with Gasteiger partial charge in [-0.1, -0.05) is 18.2 Å². The Balaban J connectivity index is 2.13. The fraction of sp³-hybridized carbons (Fsp3) is 0.194. The van der Waals surface area contributed by atoms with Crippen LogP contribution in [0.2, 0.25) is 0 Å². The molecule has 0 aliphatic rings. The number of carboxylic acid groups (broad SMARTS) is 2. The Morgan fingerprint density at radius 3 is 1.58 bits per heavy atom. The molecule has 3 aromatic carbocycles. The van der Waals surface area contributed by atoms with Crippen LogP contribution in [0.1, 0.15) is 29.7 Å². The topological polar surface area (TPSA) is 167 Å². The number of carbonyl (C=O) groups excluding carboxylic acids is 1. The molecule has 12 heteroatoms. The third kappa shape index (κ3) is 8.92. The van der Waals surface area contributed by atoms with Gasteiger partial charge in [-0.05, 0) is 59.7 Å². The average molecular weight is 595 g/mol. The van der Waals surface area contributed by atoms with Gasteiger partial charge in [-0.3, -0.25) is 4.79 Å². The highest BCUT2D eigenvalue weighted by molar-refractivity contribution is 5.86. The van der Waals surface area contributed by atoms with Gasteiger partial charge in [-0.2, -0.15) is 0 Å². The summed E-state index contributed by atoms with van der Waals surface area (Å²) in [4.78, 5) is 34.2. The zero-order valence-corrected chi connectivity index (χ0v) is 23.7. The lowest BCUT2D eigenvalue weighted by atomic mass is 10.1. The first-order valence-corrected chi connectivity index (χ1v) is 12.6. The van der Waals surface area contributed by atoms with Gasteiger partial charge in [-0.25, -0.2) is 9.59 Å². The molecule has 0 unspecified atom stereocenters. The van der Waals surface area contributed by atoms with Crippen LogP contribution in [0.3, 0.4) is 0 Å². The number of hydrogen-bond acceptors (Lipinski definition) is 10. The summed E-state index contributed by atoms with van der Waals surface area (Å²) < 4.78 is 34.3. The van der Waals surface area contributed by atoms with E-state index in [1.54, 1.807) is 24.3 Å². The largest absolute Gasteiger partial charge is 0.504 e. The first-order chi connectivity index (χ1) is 20.5. The van der Waals surface area contributed by atoms with Gasteiger partial charge >= 0.3 is 17.9 Å². The zero-order valence-electron chi connectivity index (χ0n) is 23.7. The number of ether oxygens (including phenoxy) is 6. The van der Waals surface area contributed by atoms with Crippen LogP contribution in [0.15, 0.2) is 66.7 Å². The molecule has 12 nitrogen and oxygen atoms in total. The number of phenolic OH excluding ortho intramolecular Hbond substituents is 1. The minimum absolute atomic E-state index is 0.104. The molecular weight excluding hydrogens is 564 g/mol. The van der Waals surface area contributed by atoms with Crippen LogP contribution in [0.25, 0.3) is 12.2 Å². The number of benzene rings is 3. The van der Waals surface area contributed by atoms with E-state index in [1.807, 2.05) is 0 Å². The first-order valence-electron chi connectivity index (χ1n) is 12.6. The van der Waals surface area contributed by atoms with Crippen molar-refractivity contribution in [2.75, 3.05) is 21.3 Å². The molecule has 0 saturated carbocycles. The van der Waals surface area contributed by atoms with Gasteiger partial charge in [-0.15, -0.1) is 0 Å². The second-order valence-electron chi connectivity index (χ2n) is 8.73. The summed E-state index contributed by atoms with van der Waals surface area (Å²) >= 11 is 0. The van der Waals surface area contributed by atoms with Gasteiger partial charge in [0.05, 0.1) is 21.3 Å². The Hall–Kier alpha value is -5.65. The first kappa shape index (κ1) is 31.9. The van der Waals surface area contributed by atoms with Crippen LogP contribution in [-0.4, -0.2) is 60.8 Å². The molecule has 3 N–H and O–H groups in total. The van der Waals surface area contributed by atoms with E-state index in [4.69, 9.17) is 38.6 Å². The van der Waals surface area contributed by atoms with E-state index in [-0.39, 0.29) is 34.5 Å². The number of hydrogen-bond donors (Lipinski definition) is 3. The third-order valence-corrected chi connectivity index (χ3v) is 5.77. The monoisotopic (exact) mass is 594 g/mol. The average Bonchev–Trinajstić information content (AvgIpc) is 2.98. The summed E-state index contributed by atoms with van der Waals surface area (Å²) in [6.07, 6.45) is 2.05. The maximum atomic E-state index is 12.3. The summed E-state index contributed by atoms with van der Waals surface area (Å²) in [5, 5.41) is 28.1. The molecule has 0 aliphatic carbocycles.